The van der Waals surface area contributed by atoms with E-state index in [0.717, 1.165) is 0 Å². The van der Waals surface area contributed by atoms with Gasteiger partial charge in [0.15, 0.2) is 0 Å². The number of rotatable bonds is 5. The van der Waals surface area contributed by atoms with E-state index in [9.17, 15) is 14.4 Å². The van der Waals surface area contributed by atoms with Crippen LogP contribution in [-0.4, -0.2) is 24.0 Å². The Bertz CT molecular complexity index is 1250. The second-order valence-electron chi connectivity index (χ2n) is 6.36. The molecule has 0 fully saturated rings. The molecule has 2 N–H and O–H groups in total. The highest BCUT2D eigenvalue weighted by Gasteiger charge is 2.14. The normalized spacial score (nSPS) is 10.7. The van der Waals surface area contributed by atoms with Gasteiger partial charge in [0.2, 0.25) is 0 Å². The Morgan fingerprint density at radius 3 is 2.18 bits per heavy atom. The molecule has 0 spiro atoms. The van der Waals surface area contributed by atoms with Crippen molar-refractivity contribution in [1.82, 2.24) is 5.43 Å². The molecule has 0 aliphatic rings. The minimum Gasteiger partial charge on any atom is -0.423 e. The highest BCUT2D eigenvalue weighted by molar-refractivity contribution is 6.43. The van der Waals surface area contributed by atoms with Gasteiger partial charge in [-0.1, -0.05) is 46.4 Å². The largest absolute Gasteiger partial charge is 0.423 e. The monoisotopic (exact) mass is 523 g/mol. The van der Waals surface area contributed by atoms with Crippen LogP contribution in [0.3, 0.4) is 0 Å². The lowest BCUT2D eigenvalue weighted by atomic mass is 10.2. The second kappa shape index (κ2) is 11.2. The number of esters is 1. The van der Waals surface area contributed by atoms with Crippen LogP contribution in [0.25, 0.3) is 0 Å². The van der Waals surface area contributed by atoms with Crippen LogP contribution in [0.15, 0.2) is 65.8 Å². The second-order valence-corrected chi connectivity index (χ2v) is 8.02. The quantitative estimate of drug-likeness (QED) is 0.149. The van der Waals surface area contributed by atoms with Gasteiger partial charge in [-0.2, -0.15) is 5.10 Å². The summed E-state index contributed by atoms with van der Waals surface area (Å²) in [5.74, 6) is -2.29. The van der Waals surface area contributed by atoms with Gasteiger partial charge in [0.1, 0.15) is 5.75 Å². The van der Waals surface area contributed by atoms with Gasteiger partial charge >= 0.3 is 17.8 Å². The maximum absolute atomic E-state index is 12.2. The van der Waals surface area contributed by atoms with Crippen molar-refractivity contribution in [1.29, 1.82) is 0 Å². The molecule has 0 atom stereocenters. The molecule has 0 bridgehead atoms. The summed E-state index contributed by atoms with van der Waals surface area (Å²) in [6.45, 7) is 0. The number of amides is 2. The molecule has 0 aliphatic carbocycles. The maximum atomic E-state index is 12.2. The lowest BCUT2D eigenvalue weighted by Gasteiger charge is -2.06. The van der Waals surface area contributed by atoms with E-state index in [0.29, 0.717) is 21.3 Å². The van der Waals surface area contributed by atoms with Crippen molar-refractivity contribution in [3.8, 4) is 5.75 Å². The molecule has 0 saturated carbocycles. The Kier molecular flexibility index (Phi) is 8.30. The first kappa shape index (κ1) is 24.5. The molecular formula is C22H13Cl4N3O4. The number of hydrogen-bond acceptors (Lipinski definition) is 5. The highest BCUT2D eigenvalue weighted by atomic mass is 35.5. The number of hydrogen-bond donors (Lipinski definition) is 2. The predicted octanol–water partition coefficient (Wildman–Crippen LogP) is 5.61. The van der Waals surface area contributed by atoms with Crippen molar-refractivity contribution in [3.05, 3.63) is 91.9 Å². The first-order chi connectivity index (χ1) is 15.7. The molecule has 0 saturated heterocycles. The molecular weight excluding hydrogens is 512 g/mol. The number of halogens is 4. The topological polar surface area (TPSA) is 96.9 Å². The summed E-state index contributed by atoms with van der Waals surface area (Å²) in [6, 6.07) is 15.1. The molecule has 0 aliphatic heterocycles. The summed E-state index contributed by atoms with van der Waals surface area (Å²) < 4.78 is 5.27. The predicted molar refractivity (Wildman–Crippen MR) is 129 cm³/mol. The summed E-state index contributed by atoms with van der Waals surface area (Å²) in [6.07, 6.45) is 1.31. The highest BCUT2D eigenvalue weighted by Crippen LogP contribution is 2.25. The Morgan fingerprint density at radius 1 is 0.788 bits per heavy atom. The van der Waals surface area contributed by atoms with Crippen LogP contribution in [0.2, 0.25) is 20.1 Å². The third kappa shape index (κ3) is 6.94. The summed E-state index contributed by atoms with van der Waals surface area (Å²) in [5, 5.41) is 7.23. The smallest absolute Gasteiger partial charge is 0.345 e. The van der Waals surface area contributed by atoms with Gasteiger partial charge in [-0.05, 0) is 66.2 Å². The summed E-state index contributed by atoms with van der Waals surface area (Å²) in [4.78, 5) is 36.0. The SMILES string of the molecule is O=C(N/N=C\c1ccc(OC(=O)c2ccc(Cl)cc2Cl)cc1)C(=O)Nc1ccc(Cl)c(Cl)c1. The van der Waals surface area contributed by atoms with Gasteiger partial charge in [0.25, 0.3) is 0 Å². The fraction of sp³-hybridized carbons (Fsp3) is 0. The van der Waals surface area contributed by atoms with Crippen LogP contribution >= 0.6 is 46.4 Å². The van der Waals surface area contributed by atoms with Crippen LogP contribution in [0.1, 0.15) is 15.9 Å². The molecule has 11 heteroatoms. The van der Waals surface area contributed by atoms with E-state index in [1.54, 1.807) is 12.1 Å². The number of ether oxygens (including phenoxy) is 1. The average molecular weight is 525 g/mol. The number of nitrogens with zero attached hydrogens (tertiary/aromatic N) is 1. The number of carbonyl (C=O) groups is 3. The number of anilines is 1. The minimum atomic E-state index is -0.984. The summed E-state index contributed by atoms with van der Waals surface area (Å²) >= 11 is 23.5. The Labute approximate surface area is 208 Å². The Morgan fingerprint density at radius 2 is 1.52 bits per heavy atom. The molecule has 0 heterocycles. The van der Waals surface area contributed by atoms with Crippen molar-refractivity contribution in [2.45, 2.75) is 0 Å². The van der Waals surface area contributed by atoms with Crippen molar-refractivity contribution < 1.29 is 19.1 Å². The van der Waals surface area contributed by atoms with Crippen molar-refractivity contribution in [3.63, 3.8) is 0 Å². The molecule has 3 rings (SSSR count). The van der Waals surface area contributed by atoms with Gasteiger partial charge in [-0.15, -0.1) is 0 Å². The zero-order chi connectivity index (χ0) is 24.0. The molecule has 7 nitrogen and oxygen atoms in total. The zero-order valence-corrected chi connectivity index (χ0v) is 19.5. The van der Waals surface area contributed by atoms with Crippen LogP contribution in [0.4, 0.5) is 5.69 Å². The van der Waals surface area contributed by atoms with Crippen LogP contribution in [0.5, 0.6) is 5.75 Å². The van der Waals surface area contributed by atoms with Crippen molar-refractivity contribution in [2.75, 3.05) is 5.32 Å². The number of benzene rings is 3. The summed E-state index contributed by atoms with van der Waals surface area (Å²) in [5.41, 5.74) is 3.16. The van der Waals surface area contributed by atoms with Crippen molar-refractivity contribution >= 4 is 76.1 Å². The van der Waals surface area contributed by atoms with Crippen LogP contribution in [0, 0.1) is 0 Å². The zero-order valence-electron chi connectivity index (χ0n) is 16.4. The van der Waals surface area contributed by atoms with E-state index >= 15 is 0 Å². The average Bonchev–Trinajstić information content (AvgIpc) is 2.77. The third-order valence-electron chi connectivity index (χ3n) is 4.01. The minimum absolute atomic E-state index is 0.175. The van der Waals surface area contributed by atoms with Crippen LogP contribution in [-0.2, 0) is 9.59 Å². The van der Waals surface area contributed by atoms with Crippen molar-refractivity contribution in [2.24, 2.45) is 5.10 Å². The first-order valence-corrected chi connectivity index (χ1v) is 10.6. The van der Waals surface area contributed by atoms with Crippen LogP contribution < -0.4 is 15.5 Å². The Hall–Kier alpha value is -3.10. The van der Waals surface area contributed by atoms with E-state index in [1.165, 1.54) is 54.7 Å². The standard InChI is InChI=1S/C22H13Cl4N3O4/c23-13-3-7-16(18(25)9-13)22(32)33-15-5-1-12(2-6-15)11-27-29-21(31)20(30)28-14-4-8-17(24)19(26)10-14/h1-11H,(H,28,30)(H,29,31)/b27-11-. The van der Waals surface area contributed by atoms with E-state index < -0.39 is 17.8 Å². The number of hydrazone groups is 1. The molecule has 0 unspecified atom stereocenters. The fourth-order valence-corrected chi connectivity index (χ4v) is 3.20. The van der Waals surface area contributed by atoms with E-state index in [1.807, 2.05) is 0 Å². The van der Waals surface area contributed by atoms with Gasteiger partial charge in [0.05, 0.1) is 26.8 Å². The number of nitrogens with one attached hydrogen (secondary N) is 2. The molecule has 0 aromatic heterocycles. The van der Waals surface area contributed by atoms with Gasteiger partial charge in [-0.25, -0.2) is 10.2 Å². The van der Waals surface area contributed by atoms with Gasteiger partial charge < -0.3 is 10.1 Å². The lowest BCUT2D eigenvalue weighted by Crippen LogP contribution is -2.32. The lowest BCUT2D eigenvalue weighted by molar-refractivity contribution is -0.136. The van der Waals surface area contributed by atoms with Gasteiger partial charge in [-0.3, -0.25) is 9.59 Å². The van der Waals surface area contributed by atoms with E-state index in [-0.39, 0.29) is 21.4 Å². The molecule has 168 valence electrons. The summed E-state index contributed by atoms with van der Waals surface area (Å²) in [7, 11) is 0. The molecule has 0 radical (unpaired) electrons. The van der Waals surface area contributed by atoms with E-state index in [4.69, 9.17) is 51.1 Å². The van der Waals surface area contributed by atoms with Gasteiger partial charge in [0, 0.05) is 10.7 Å². The molecule has 3 aromatic rings. The first-order valence-electron chi connectivity index (χ1n) is 9.09. The number of carbonyl (C=O) groups excluding carboxylic acids is 3. The molecule has 3 aromatic carbocycles. The molecule has 2 amide bonds. The third-order valence-corrected chi connectivity index (χ3v) is 5.29. The Balaban J connectivity index is 1.53. The van der Waals surface area contributed by atoms with E-state index in [2.05, 4.69) is 15.8 Å². The molecule has 33 heavy (non-hydrogen) atoms. The maximum Gasteiger partial charge on any atom is 0.345 e. The fourth-order valence-electron chi connectivity index (χ4n) is 2.42.